The van der Waals surface area contributed by atoms with Gasteiger partial charge in [0.2, 0.25) is 5.91 Å². The molecule has 0 aliphatic heterocycles. The summed E-state index contributed by atoms with van der Waals surface area (Å²) in [4.78, 5) is 9.69. The number of carbonyl (C=O) groups is 1. The van der Waals surface area contributed by atoms with Crippen molar-refractivity contribution in [3.63, 3.8) is 0 Å². The van der Waals surface area contributed by atoms with Crippen LogP contribution in [0.2, 0.25) is 0 Å². The van der Waals surface area contributed by atoms with Gasteiger partial charge in [-0.15, -0.1) is 4.48 Å². The summed E-state index contributed by atoms with van der Waals surface area (Å²) in [5.74, 6) is -0.574. The van der Waals surface area contributed by atoms with E-state index in [0.717, 1.165) is 5.54 Å². The molecule has 1 amide bonds. The third-order valence-corrected chi connectivity index (χ3v) is 0.427. The summed E-state index contributed by atoms with van der Waals surface area (Å²) >= 11 is 0. The molecule has 0 aromatic heterocycles. The highest BCUT2D eigenvalue weighted by atomic mass is 19.2. The molecule has 6 heavy (non-hydrogen) atoms. The number of carbonyl (C=O) groups excluding carboxylic acids is 1. The quantitative estimate of drug-likeness (QED) is 0.465. The van der Waals surface area contributed by atoms with Crippen LogP contribution in [0.5, 0.6) is 0 Å². The zero-order valence-corrected chi connectivity index (χ0v) is 3.49. The van der Waals surface area contributed by atoms with E-state index in [2.05, 4.69) is 0 Å². The fraction of sp³-hybridized carbons (Fsp3) is 0.667. The molecule has 0 unspecified atom stereocenters. The Kier molecular flexibility index (Phi) is 2.36. The Balaban J connectivity index is 2.99. The lowest BCUT2D eigenvalue weighted by molar-refractivity contribution is -0.124. The van der Waals surface area contributed by atoms with Crippen molar-refractivity contribution in [2.24, 2.45) is 0 Å². The molecule has 0 heterocycles. The van der Waals surface area contributed by atoms with Gasteiger partial charge >= 0.3 is 0 Å². The van der Waals surface area contributed by atoms with Crippen LogP contribution >= 0.6 is 0 Å². The molecule has 0 spiro atoms. The summed E-state index contributed by atoms with van der Waals surface area (Å²) in [5, 5.41) is 0. The van der Waals surface area contributed by atoms with E-state index in [1.54, 1.807) is 6.92 Å². The molecule has 0 aliphatic rings. The molecule has 0 saturated carbocycles. The predicted molar refractivity (Wildman–Crippen MR) is 19.5 cm³/mol. The van der Waals surface area contributed by atoms with Gasteiger partial charge in [-0.1, -0.05) is 6.92 Å². The van der Waals surface area contributed by atoms with Crippen molar-refractivity contribution < 1.29 is 9.28 Å². The van der Waals surface area contributed by atoms with E-state index in [4.69, 9.17) is 0 Å². The average Bonchev–Trinajstić information content (AvgIpc) is 1.65. The Morgan fingerprint density at radius 3 is 2.50 bits per heavy atom. The molecule has 0 aromatic rings. The van der Waals surface area contributed by atoms with Gasteiger partial charge in [-0.3, -0.25) is 4.79 Å². The van der Waals surface area contributed by atoms with Gasteiger partial charge in [0.15, 0.2) is 0 Å². The second-order valence-electron chi connectivity index (χ2n) is 0.871. The molecule has 0 bridgehead atoms. The van der Waals surface area contributed by atoms with E-state index in [1.165, 1.54) is 0 Å². The van der Waals surface area contributed by atoms with Crippen LogP contribution in [0.3, 0.4) is 0 Å². The first kappa shape index (κ1) is 5.40. The minimum Gasteiger partial charge on any atom is -0.273 e. The van der Waals surface area contributed by atoms with Crippen LogP contribution < -0.4 is 5.54 Å². The van der Waals surface area contributed by atoms with Crippen molar-refractivity contribution in [2.45, 2.75) is 13.3 Å². The fourth-order valence-electron chi connectivity index (χ4n) is 0.0668. The van der Waals surface area contributed by atoms with Crippen molar-refractivity contribution in [2.75, 3.05) is 0 Å². The van der Waals surface area contributed by atoms with Crippen molar-refractivity contribution in [1.82, 2.24) is 5.54 Å². The van der Waals surface area contributed by atoms with E-state index >= 15 is 0 Å². The molecule has 0 saturated heterocycles. The summed E-state index contributed by atoms with van der Waals surface area (Å²) in [6, 6.07) is 0. The number of hydrogen-bond donors (Lipinski definition) is 1. The minimum atomic E-state index is -0.574. The van der Waals surface area contributed by atoms with E-state index in [9.17, 15) is 9.28 Å². The molecule has 0 radical (unpaired) electrons. The van der Waals surface area contributed by atoms with Gasteiger partial charge in [0, 0.05) is 6.42 Å². The number of hydrogen-bond acceptors (Lipinski definition) is 1. The highest BCUT2D eigenvalue weighted by Crippen LogP contribution is 1.70. The molecule has 0 aliphatic carbocycles. The molecule has 0 fully saturated rings. The molecule has 0 aromatic carbocycles. The first-order valence-corrected chi connectivity index (χ1v) is 1.70. The van der Waals surface area contributed by atoms with Crippen molar-refractivity contribution >= 4 is 5.91 Å². The van der Waals surface area contributed by atoms with E-state index in [1.807, 2.05) is 0 Å². The fourth-order valence-corrected chi connectivity index (χ4v) is 0.0668. The predicted octanol–water partition coefficient (Wildman–Crippen LogP) is 0.397. The number of amides is 1. The average molecular weight is 91.1 g/mol. The Morgan fingerprint density at radius 2 is 2.50 bits per heavy atom. The summed E-state index contributed by atoms with van der Waals surface area (Å²) in [6.07, 6.45) is 0.205. The summed E-state index contributed by atoms with van der Waals surface area (Å²) in [6.45, 7) is 1.58. The maximum atomic E-state index is 10.8. The maximum Gasteiger partial charge on any atom is 0.247 e. The van der Waals surface area contributed by atoms with Crippen LogP contribution in [0, 0.1) is 0 Å². The minimum absolute atomic E-state index is 0.205. The van der Waals surface area contributed by atoms with E-state index < -0.39 is 5.91 Å². The third kappa shape index (κ3) is 1.69. The van der Waals surface area contributed by atoms with Gasteiger partial charge in [0.05, 0.1) is 0 Å². The van der Waals surface area contributed by atoms with Crippen LogP contribution in [-0.4, -0.2) is 5.91 Å². The first-order valence-electron chi connectivity index (χ1n) is 1.70. The van der Waals surface area contributed by atoms with Gasteiger partial charge in [0.25, 0.3) is 0 Å². The van der Waals surface area contributed by atoms with Gasteiger partial charge < -0.3 is 0 Å². The van der Waals surface area contributed by atoms with Gasteiger partial charge in [0.1, 0.15) is 0 Å². The Labute approximate surface area is 35.3 Å². The van der Waals surface area contributed by atoms with Crippen molar-refractivity contribution in [3.05, 3.63) is 0 Å². The van der Waals surface area contributed by atoms with Gasteiger partial charge in [-0.2, -0.15) is 5.54 Å². The largest absolute Gasteiger partial charge is 0.273 e. The maximum absolute atomic E-state index is 10.8. The van der Waals surface area contributed by atoms with Crippen LogP contribution in [0.15, 0.2) is 0 Å². The Morgan fingerprint density at radius 1 is 2.00 bits per heavy atom. The summed E-state index contributed by atoms with van der Waals surface area (Å²) in [5.41, 5.74) is 0.976. The van der Waals surface area contributed by atoms with Crippen LogP contribution in [0.1, 0.15) is 13.3 Å². The van der Waals surface area contributed by atoms with E-state index in [0.29, 0.717) is 0 Å². The normalized spacial score (nSPS) is 7.67. The monoisotopic (exact) mass is 91.0 g/mol. The summed E-state index contributed by atoms with van der Waals surface area (Å²) in [7, 11) is 0. The van der Waals surface area contributed by atoms with Crippen LogP contribution in [0.4, 0.5) is 4.48 Å². The first-order chi connectivity index (χ1) is 2.81. The molecule has 2 nitrogen and oxygen atoms in total. The number of halogens is 1. The van der Waals surface area contributed by atoms with Gasteiger partial charge in [-0.25, -0.2) is 0 Å². The molecule has 3 heteroatoms. The molecule has 0 atom stereocenters. The Bertz CT molecular complexity index is 48.8. The van der Waals surface area contributed by atoms with Crippen molar-refractivity contribution in [1.29, 1.82) is 0 Å². The topological polar surface area (TPSA) is 29.1 Å². The second-order valence-corrected chi connectivity index (χ2v) is 0.871. The smallest absolute Gasteiger partial charge is 0.247 e. The lowest BCUT2D eigenvalue weighted by atomic mass is 10.5. The zero-order chi connectivity index (χ0) is 4.99. The highest BCUT2D eigenvalue weighted by molar-refractivity contribution is 5.74. The van der Waals surface area contributed by atoms with Crippen LogP contribution in [-0.2, 0) is 4.79 Å². The third-order valence-electron chi connectivity index (χ3n) is 0.427. The molecular weight excluding hydrogens is 85.0 g/mol. The highest BCUT2D eigenvalue weighted by Gasteiger charge is 1.88. The van der Waals surface area contributed by atoms with Crippen LogP contribution in [0.25, 0.3) is 0 Å². The zero-order valence-electron chi connectivity index (χ0n) is 3.49. The SMILES string of the molecule is CCC(=O)NF. The molecular formula is C3H6FNO. The molecule has 36 valence electrons. The molecule has 0 rings (SSSR count). The Hall–Kier alpha value is -0.600. The van der Waals surface area contributed by atoms with Crippen molar-refractivity contribution in [3.8, 4) is 0 Å². The second kappa shape index (κ2) is 2.63. The standard InChI is InChI=1S/C3H6FNO/c1-2-3(6)5-4/h2H2,1H3,(H,5,6). The number of rotatable bonds is 1. The number of nitrogens with one attached hydrogen (secondary N) is 1. The lowest BCUT2D eigenvalue weighted by Crippen LogP contribution is -2.10. The summed E-state index contributed by atoms with van der Waals surface area (Å²) < 4.78 is 10.8. The van der Waals surface area contributed by atoms with E-state index in [-0.39, 0.29) is 6.42 Å². The molecule has 1 N–H and O–H groups in total. The lowest BCUT2D eigenvalue weighted by Gasteiger charge is -1.82. The van der Waals surface area contributed by atoms with Gasteiger partial charge in [-0.05, 0) is 0 Å².